The maximum absolute atomic E-state index is 14.0. The SMILES string of the molecule is O=C1O[C@]2(CN3CCC2CC3)CN1c1ccc(-c2ccccc2F)s1. The van der Waals surface area contributed by atoms with Crippen LogP contribution in [0.1, 0.15) is 12.8 Å². The highest BCUT2D eigenvalue weighted by atomic mass is 32.1. The van der Waals surface area contributed by atoms with E-state index < -0.39 is 0 Å². The summed E-state index contributed by atoms with van der Waals surface area (Å²) >= 11 is 1.44. The number of fused-ring (bicyclic) bond motifs is 2. The average molecular weight is 358 g/mol. The summed E-state index contributed by atoms with van der Waals surface area (Å²) in [5, 5.41) is 0.830. The van der Waals surface area contributed by atoms with Gasteiger partial charge in [0.05, 0.1) is 6.54 Å². The van der Waals surface area contributed by atoms with Gasteiger partial charge in [0.25, 0.3) is 0 Å². The Hall–Kier alpha value is -1.92. The van der Waals surface area contributed by atoms with Gasteiger partial charge < -0.3 is 4.74 Å². The van der Waals surface area contributed by atoms with Gasteiger partial charge in [-0.2, -0.15) is 0 Å². The van der Waals surface area contributed by atoms with Gasteiger partial charge in [-0.25, -0.2) is 9.18 Å². The molecule has 0 unspecified atom stereocenters. The number of carbonyl (C=O) groups excluding carboxylic acids is 1. The number of piperidine rings is 3. The van der Waals surface area contributed by atoms with Crippen molar-refractivity contribution in [1.82, 2.24) is 4.90 Å². The van der Waals surface area contributed by atoms with Crippen molar-refractivity contribution in [3.05, 3.63) is 42.2 Å². The van der Waals surface area contributed by atoms with E-state index in [1.54, 1.807) is 17.0 Å². The van der Waals surface area contributed by atoms with E-state index in [2.05, 4.69) is 4.90 Å². The van der Waals surface area contributed by atoms with E-state index in [1.807, 2.05) is 18.2 Å². The Kier molecular flexibility index (Phi) is 3.40. The zero-order chi connectivity index (χ0) is 17.0. The lowest BCUT2D eigenvalue weighted by Crippen LogP contribution is -2.61. The van der Waals surface area contributed by atoms with Crippen LogP contribution in [0.4, 0.5) is 14.2 Å². The molecule has 5 heterocycles. The Morgan fingerprint density at radius 3 is 2.64 bits per heavy atom. The van der Waals surface area contributed by atoms with Gasteiger partial charge in [-0.15, -0.1) is 11.3 Å². The van der Waals surface area contributed by atoms with Crippen LogP contribution < -0.4 is 4.90 Å². The van der Waals surface area contributed by atoms with Crippen molar-refractivity contribution in [3.8, 4) is 10.4 Å². The third-order valence-corrected chi connectivity index (χ3v) is 6.90. The molecule has 1 amide bonds. The monoisotopic (exact) mass is 358 g/mol. The fraction of sp³-hybridized carbons (Fsp3) is 0.421. The molecule has 6 heteroatoms. The van der Waals surface area contributed by atoms with E-state index in [0.29, 0.717) is 18.0 Å². The Morgan fingerprint density at radius 2 is 1.92 bits per heavy atom. The van der Waals surface area contributed by atoms with Gasteiger partial charge >= 0.3 is 6.09 Å². The van der Waals surface area contributed by atoms with E-state index in [9.17, 15) is 9.18 Å². The van der Waals surface area contributed by atoms with E-state index in [4.69, 9.17) is 4.74 Å². The molecule has 1 atom stereocenters. The first-order valence-electron chi connectivity index (χ1n) is 8.72. The lowest BCUT2D eigenvalue weighted by molar-refractivity contribution is -0.0881. The zero-order valence-electron chi connectivity index (χ0n) is 13.8. The van der Waals surface area contributed by atoms with Crippen LogP contribution in [0.25, 0.3) is 10.4 Å². The lowest BCUT2D eigenvalue weighted by atomic mass is 9.75. The highest BCUT2D eigenvalue weighted by molar-refractivity contribution is 7.19. The fourth-order valence-corrected chi connectivity index (χ4v) is 5.48. The Bertz CT molecular complexity index is 830. The van der Waals surface area contributed by atoms with Gasteiger partial charge in [0.15, 0.2) is 0 Å². The number of hydrogen-bond acceptors (Lipinski definition) is 4. The Morgan fingerprint density at radius 1 is 1.12 bits per heavy atom. The van der Waals surface area contributed by atoms with E-state index in [-0.39, 0.29) is 17.5 Å². The number of hydrogen-bond donors (Lipinski definition) is 0. The second-order valence-electron chi connectivity index (χ2n) is 7.19. The minimum atomic E-state index is -0.365. The Balaban J connectivity index is 1.43. The van der Waals surface area contributed by atoms with Gasteiger partial charge in [-0.05, 0) is 44.1 Å². The molecule has 1 aromatic carbocycles. The Labute approximate surface area is 149 Å². The number of nitrogens with zero attached hydrogens (tertiary/aromatic N) is 2. The highest BCUT2D eigenvalue weighted by Gasteiger charge is 2.55. The predicted octanol–water partition coefficient (Wildman–Crippen LogP) is 3.98. The molecule has 0 N–H and O–H groups in total. The molecule has 4 saturated heterocycles. The molecule has 0 aliphatic carbocycles. The first kappa shape index (κ1) is 15.3. The van der Waals surface area contributed by atoms with Gasteiger partial charge in [-0.1, -0.05) is 18.2 Å². The topological polar surface area (TPSA) is 32.8 Å². The van der Waals surface area contributed by atoms with Crippen molar-refractivity contribution in [2.75, 3.05) is 31.1 Å². The first-order valence-corrected chi connectivity index (χ1v) is 9.54. The number of halogens is 1. The minimum Gasteiger partial charge on any atom is -0.439 e. The van der Waals surface area contributed by atoms with E-state index >= 15 is 0 Å². The summed E-state index contributed by atoms with van der Waals surface area (Å²) in [6, 6.07) is 10.5. The van der Waals surface area contributed by atoms with Crippen LogP contribution in [-0.2, 0) is 4.74 Å². The summed E-state index contributed by atoms with van der Waals surface area (Å²) in [6.45, 7) is 3.66. The summed E-state index contributed by atoms with van der Waals surface area (Å²) in [6.07, 6.45) is 1.94. The minimum absolute atomic E-state index is 0.242. The largest absolute Gasteiger partial charge is 0.439 e. The molecule has 130 valence electrons. The van der Waals surface area contributed by atoms with Crippen LogP contribution in [0.2, 0.25) is 0 Å². The van der Waals surface area contributed by atoms with Crippen molar-refractivity contribution in [2.45, 2.75) is 18.4 Å². The molecule has 1 aromatic heterocycles. The zero-order valence-corrected chi connectivity index (χ0v) is 14.6. The molecule has 4 aliphatic rings. The van der Waals surface area contributed by atoms with Crippen LogP contribution >= 0.6 is 11.3 Å². The molecule has 0 saturated carbocycles. The molecule has 0 radical (unpaired) electrons. The van der Waals surface area contributed by atoms with Gasteiger partial charge in [0.1, 0.15) is 16.4 Å². The smallest absolute Gasteiger partial charge is 0.415 e. The number of anilines is 1. The normalized spacial score (nSPS) is 30.9. The number of carbonyl (C=O) groups is 1. The number of amides is 1. The summed E-state index contributed by atoms with van der Waals surface area (Å²) < 4.78 is 19.9. The molecular formula is C19H19FN2O2S. The van der Waals surface area contributed by atoms with Crippen LogP contribution in [0, 0.1) is 11.7 Å². The second kappa shape index (κ2) is 5.54. The van der Waals surface area contributed by atoms with Crippen molar-refractivity contribution >= 4 is 22.4 Å². The van der Waals surface area contributed by atoms with Crippen LogP contribution in [0.5, 0.6) is 0 Å². The van der Waals surface area contributed by atoms with Crippen molar-refractivity contribution in [2.24, 2.45) is 5.92 Å². The standard InChI is InChI=1S/C19H19FN2O2S/c20-15-4-2-1-3-14(15)16-5-6-17(25-16)22-12-19(24-18(22)23)11-21-9-7-13(19)8-10-21/h1-6,13H,7-12H2/t19-/m1/s1. The highest BCUT2D eigenvalue weighted by Crippen LogP contribution is 2.45. The summed E-state index contributed by atoms with van der Waals surface area (Å²) in [7, 11) is 0. The van der Waals surface area contributed by atoms with E-state index in [1.165, 1.54) is 17.4 Å². The van der Waals surface area contributed by atoms with Crippen molar-refractivity contribution in [1.29, 1.82) is 0 Å². The van der Waals surface area contributed by atoms with Crippen LogP contribution in [0.3, 0.4) is 0 Å². The molecule has 4 nitrogen and oxygen atoms in total. The molecule has 25 heavy (non-hydrogen) atoms. The predicted molar refractivity (Wildman–Crippen MR) is 95.4 cm³/mol. The molecule has 4 aliphatic heterocycles. The third kappa shape index (κ3) is 2.39. The average Bonchev–Trinajstić information content (AvgIpc) is 3.21. The summed E-state index contributed by atoms with van der Waals surface area (Å²) in [4.78, 5) is 17.5. The maximum atomic E-state index is 14.0. The molecule has 2 bridgehead atoms. The number of rotatable bonds is 2. The molecule has 6 rings (SSSR count). The first-order chi connectivity index (χ1) is 12.1. The molecule has 2 aromatic rings. The quantitative estimate of drug-likeness (QED) is 0.814. The van der Waals surface area contributed by atoms with Gasteiger partial charge in [0.2, 0.25) is 0 Å². The molecule has 1 spiro atoms. The van der Waals surface area contributed by atoms with E-state index in [0.717, 1.165) is 42.4 Å². The van der Waals surface area contributed by atoms with Gasteiger partial charge in [-0.3, -0.25) is 9.80 Å². The maximum Gasteiger partial charge on any atom is 0.415 e. The molecular weight excluding hydrogens is 339 g/mol. The van der Waals surface area contributed by atoms with Crippen molar-refractivity contribution in [3.63, 3.8) is 0 Å². The van der Waals surface area contributed by atoms with Crippen LogP contribution in [-0.4, -0.2) is 42.8 Å². The number of thiophene rings is 1. The molecule has 4 fully saturated rings. The number of ether oxygens (including phenoxy) is 1. The summed E-state index contributed by atoms with van der Waals surface area (Å²) in [5.74, 6) is 0.214. The van der Waals surface area contributed by atoms with Crippen molar-refractivity contribution < 1.29 is 13.9 Å². The lowest BCUT2D eigenvalue weighted by Gasteiger charge is -2.49. The second-order valence-corrected chi connectivity index (χ2v) is 8.25. The number of benzene rings is 1. The third-order valence-electron chi connectivity index (χ3n) is 5.76. The van der Waals surface area contributed by atoms with Crippen LogP contribution in [0.15, 0.2) is 36.4 Å². The fourth-order valence-electron chi connectivity index (χ4n) is 4.46. The summed E-state index contributed by atoms with van der Waals surface area (Å²) in [5.41, 5.74) is 0.208. The van der Waals surface area contributed by atoms with Gasteiger partial charge in [0, 0.05) is 22.9 Å².